The molecule has 0 bridgehead atoms. The Morgan fingerprint density at radius 3 is 2.43 bits per heavy atom. The Hall–Kier alpha value is -0.790. The maximum absolute atomic E-state index is 13.1. The third-order valence-electron chi connectivity index (χ3n) is 3.29. The fourth-order valence-electron chi connectivity index (χ4n) is 1.97. The fraction of sp³-hybridized carbons (Fsp3) is 0.333. The van der Waals surface area contributed by atoms with Crippen molar-refractivity contribution in [2.24, 2.45) is 0 Å². The first-order chi connectivity index (χ1) is 9.86. The maximum atomic E-state index is 13.1. The number of aromatic nitrogens is 2. The van der Waals surface area contributed by atoms with Crippen molar-refractivity contribution in [2.45, 2.75) is 25.9 Å². The summed E-state index contributed by atoms with van der Waals surface area (Å²) < 4.78 is 19.0. The van der Waals surface area contributed by atoms with Crippen molar-refractivity contribution in [3.05, 3.63) is 55.9 Å². The fourth-order valence-corrected chi connectivity index (χ4v) is 2.56. The summed E-state index contributed by atoms with van der Waals surface area (Å²) in [5, 5.41) is 0.405. The molecule has 0 spiro atoms. The molecule has 1 aromatic carbocycles. The summed E-state index contributed by atoms with van der Waals surface area (Å²) in [4.78, 5) is 8.96. The average Bonchev–Trinajstić information content (AvgIpc) is 2.44. The Labute approximate surface area is 142 Å². The molecule has 0 saturated carbocycles. The zero-order valence-electron chi connectivity index (χ0n) is 12.0. The lowest BCUT2D eigenvalue weighted by Gasteiger charge is -2.24. The predicted molar refractivity (Wildman–Crippen MR) is 89.0 cm³/mol. The second-order valence-corrected chi connectivity index (χ2v) is 6.60. The highest BCUT2D eigenvalue weighted by Crippen LogP contribution is 2.31. The van der Waals surface area contributed by atoms with Gasteiger partial charge in [-0.3, -0.25) is 0 Å². The number of benzene rings is 1. The molecule has 2 rings (SSSR count). The second kappa shape index (κ2) is 6.54. The van der Waals surface area contributed by atoms with Crippen LogP contribution in [0.25, 0.3) is 0 Å². The Morgan fingerprint density at radius 2 is 1.86 bits per heavy atom. The van der Waals surface area contributed by atoms with Gasteiger partial charge in [0.25, 0.3) is 0 Å². The van der Waals surface area contributed by atoms with Crippen LogP contribution in [0.1, 0.15) is 30.9 Å². The van der Waals surface area contributed by atoms with Crippen LogP contribution >= 0.6 is 34.2 Å². The molecule has 0 aliphatic heterocycles. The van der Waals surface area contributed by atoms with Gasteiger partial charge in [-0.05, 0) is 54.1 Å². The first kappa shape index (κ1) is 16.6. The molecule has 0 radical (unpaired) electrons. The van der Waals surface area contributed by atoms with Gasteiger partial charge in [-0.2, -0.15) is 0 Å². The lowest BCUT2D eigenvalue weighted by Crippen LogP contribution is -2.24. The zero-order valence-corrected chi connectivity index (χ0v) is 14.9. The quantitative estimate of drug-likeness (QED) is 0.545. The first-order valence-corrected chi connectivity index (χ1v) is 7.79. The Morgan fingerprint density at radius 1 is 1.24 bits per heavy atom. The molecule has 1 aromatic heterocycles. The minimum Gasteiger partial charge on any atom is -0.378 e. The third-order valence-corrected chi connectivity index (χ3v) is 5.01. The lowest BCUT2D eigenvalue weighted by atomic mass is 9.83. The third kappa shape index (κ3) is 3.52. The van der Waals surface area contributed by atoms with Crippen molar-refractivity contribution in [3.8, 4) is 0 Å². The minimum atomic E-state index is -0.482. The molecule has 2 aromatic rings. The normalized spacial score (nSPS) is 11.7. The predicted octanol–water partition coefficient (Wildman–Crippen LogP) is 4.35. The van der Waals surface area contributed by atoms with Gasteiger partial charge in [0.2, 0.25) is 0 Å². The topological polar surface area (TPSA) is 35.0 Å². The van der Waals surface area contributed by atoms with Crippen LogP contribution in [0.5, 0.6) is 0 Å². The van der Waals surface area contributed by atoms with Gasteiger partial charge in [0.05, 0.1) is 15.9 Å². The summed E-state index contributed by atoms with van der Waals surface area (Å²) in [5.41, 5.74) is 1.19. The summed E-state index contributed by atoms with van der Waals surface area (Å²) in [6.45, 7) is 4.33. The molecule has 0 saturated heterocycles. The lowest BCUT2D eigenvalue weighted by molar-refractivity contribution is 0.180. The highest BCUT2D eigenvalue weighted by molar-refractivity contribution is 14.1. The van der Waals surface area contributed by atoms with E-state index in [1.807, 2.05) is 13.8 Å². The molecule has 112 valence electrons. The molecule has 21 heavy (non-hydrogen) atoms. The van der Waals surface area contributed by atoms with Gasteiger partial charge in [0, 0.05) is 12.5 Å². The maximum Gasteiger partial charge on any atom is 0.146 e. The molecule has 0 amide bonds. The number of rotatable bonds is 4. The van der Waals surface area contributed by atoms with E-state index in [0.717, 1.165) is 14.8 Å². The summed E-state index contributed by atoms with van der Waals surface area (Å²) in [6, 6.07) is 6.34. The Kier molecular flexibility index (Phi) is 5.16. The van der Waals surface area contributed by atoms with Gasteiger partial charge in [0.1, 0.15) is 16.8 Å². The van der Waals surface area contributed by atoms with Crippen LogP contribution in [0.2, 0.25) is 5.15 Å². The highest BCUT2D eigenvalue weighted by atomic mass is 127. The smallest absolute Gasteiger partial charge is 0.146 e. The molecule has 0 atom stereocenters. The van der Waals surface area contributed by atoms with E-state index in [9.17, 15) is 4.39 Å². The molecule has 0 unspecified atom stereocenters. The minimum absolute atomic E-state index is 0.267. The van der Waals surface area contributed by atoms with Gasteiger partial charge < -0.3 is 4.74 Å². The number of methoxy groups -OCH3 is 1. The monoisotopic (exact) mass is 420 g/mol. The highest BCUT2D eigenvalue weighted by Gasteiger charge is 2.28. The van der Waals surface area contributed by atoms with Crippen LogP contribution in [0.3, 0.4) is 0 Å². The number of ether oxygens (including phenoxy) is 1. The molecule has 3 nitrogen and oxygen atoms in total. The van der Waals surface area contributed by atoms with E-state index in [1.54, 1.807) is 19.2 Å². The molecule has 0 fully saturated rings. The van der Waals surface area contributed by atoms with E-state index in [-0.39, 0.29) is 5.82 Å². The molecule has 0 aliphatic carbocycles. The Balaban J connectivity index is 2.51. The van der Waals surface area contributed by atoms with Crippen LogP contribution in [0, 0.1) is 9.39 Å². The van der Waals surface area contributed by atoms with Crippen molar-refractivity contribution in [1.82, 2.24) is 9.97 Å². The van der Waals surface area contributed by atoms with Crippen molar-refractivity contribution in [2.75, 3.05) is 7.11 Å². The van der Waals surface area contributed by atoms with Crippen LogP contribution in [0.15, 0.2) is 24.3 Å². The summed E-state index contributed by atoms with van der Waals surface area (Å²) in [7, 11) is 1.61. The second-order valence-electron chi connectivity index (χ2n) is 5.16. The molecule has 0 N–H and O–H groups in total. The number of hydrogen-bond donors (Lipinski definition) is 0. The van der Waals surface area contributed by atoms with Crippen molar-refractivity contribution < 1.29 is 9.13 Å². The molecule has 6 heteroatoms. The number of hydrogen-bond acceptors (Lipinski definition) is 3. The molecule has 0 aliphatic rings. The van der Waals surface area contributed by atoms with E-state index in [0.29, 0.717) is 17.6 Å². The molecular formula is C15H15ClFIN2O. The van der Waals surface area contributed by atoms with Crippen molar-refractivity contribution in [3.63, 3.8) is 0 Å². The molecule has 1 heterocycles. The van der Waals surface area contributed by atoms with Gasteiger partial charge in [0.15, 0.2) is 0 Å². The number of halogens is 3. The Bertz CT molecular complexity index is 647. The first-order valence-electron chi connectivity index (χ1n) is 6.33. The summed E-state index contributed by atoms with van der Waals surface area (Å²) in [6.07, 6.45) is 0. The van der Waals surface area contributed by atoms with E-state index >= 15 is 0 Å². The van der Waals surface area contributed by atoms with Crippen molar-refractivity contribution in [1.29, 1.82) is 0 Å². The van der Waals surface area contributed by atoms with Crippen LogP contribution < -0.4 is 0 Å². The van der Waals surface area contributed by atoms with E-state index < -0.39 is 5.41 Å². The van der Waals surface area contributed by atoms with Gasteiger partial charge in [-0.25, -0.2) is 14.4 Å². The van der Waals surface area contributed by atoms with Gasteiger partial charge in [-0.15, -0.1) is 0 Å². The standard InChI is InChI=1S/C15H15ClFIN2O/c1-15(2,9-4-6-10(17)7-5-9)14-19-11(8-21-3)12(18)13(16)20-14/h4-7H,8H2,1-3H3. The van der Waals surface area contributed by atoms with Crippen LogP contribution in [0.4, 0.5) is 4.39 Å². The van der Waals surface area contributed by atoms with E-state index in [2.05, 4.69) is 32.6 Å². The summed E-state index contributed by atoms with van der Waals surface area (Å²) in [5.74, 6) is 0.322. The zero-order chi connectivity index (χ0) is 15.6. The average molecular weight is 421 g/mol. The van der Waals surface area contributed by atoms with Crippen LogP contribution in [-0.4, -0.2) is 17.1 Å². The van der Waals surface area contributed by atoms with Crippen LogP contribution in [-0.2, 0) is 16.8 Å². The van der Waals surface area contributed by atoms with E-state index in [1.165, 1.54) is 12.1 Å². The van der Waals surface area contributed by atoms with Crippen molar-refractivity contribution >= 4 is 34.2 Å². The molecular weight excluding hydrogens is 406 g/mol. The SMILES string of the molecule is COCc1nc(C(C)(C)c2ccc(F)cc2)nc(Cl)c1I. The van der Waals surface area contributed by atoms with Gasteiger partial charge in [-0.1, -0.05) is 23.7 Å². The van der Waals surface area contributed by atoms with E-state index in [4.69, 9.17) is 16.3 Å². The number of nitrogens with zero attached hydrogens (tertiary/aromatic N) is 2. The van der Waals surface area contributed by atoms with Gasteiger partial charge >= 0.3 is 0 Å². The summed E-state index contributed by atoms with van der Waals surface area (Å²) >= 11 is 8.30. The largest absolute Gasteiger partial charge is 0.378 e.